The Morgan fingerprint density at radius 3 is 3.19 bits per heavy atom. The van der Waals surface area contributed by atoms with Crippen LogP contribution in [0.4, 0.5) is 5.95 Å². The Hall–Kier alpha value is -2.19. The van der Waals surface area contributed by atoms with Crippen LogP contribution < -0.4 is 10.2 Å². The molecular weight excluding hydrogens is 368 g/mol. The molecule has 2 aromatic rings. The first-order chi connectivity index (χ1) is 13.1. The van der Waals surface area contributed by atoms with Gasteiger partial charge in [-0.1, -0.05) is 11.6 Å². The van der Waals surface area contributed by atoms with Crippen LogP contribution >= 0.6 is 11.6 Å². The number of fused-ring (bicyclic) bond motifs is 1. The molecule has 2 aromatic heterocycles. The second kappa shape index (κ2) is 7.82. The molecular formula is C18H23ClN6O2. The van der Waals surface area contributed by atoms with Crippen molar-refractivity contribution in [2.45, 2.75) is 45.4 Å². The van der Waals surface area contributed by atoms with Crippen LogP contribution in [0.5, 0.6) is 0 Å². The molecule has 4 heterocycles. The quantitative estimate of drug-likeness (QED) is 0.857. The zero-order valence-electron chi connectivity index (χ0n) is 15.3. The number of carbonyl (C=O) groups is 1. The molecule has 0 radical (unpaired) electrons. The van der Waals surface area contributed by atoms with E-state index < -0.39 is 0 Å². The Labute approximate surface area is 162 Å². The highest BCUT2D eigenvalue weighted by atomic mass is 35.5. The SMILES string of the molecule is CCn1cc(Cl)c(C(=O)NC2CCCN(c3ncc4c(n3)CCOC4)C2)n1. The van der Waals surface area contributed by atoms with E-state index in [0.717, 1.165) is 43.0 Å². The van der Waals surface area contributed by atoms with Crippen molar-refractivity contribution in [1.29, 1.82) is 0 Å². The van der Waals surface area contributed by atoms with E-state index in [4.69, 9.17) is 21.3 Å². The van der Waals surface area contributed by atoms with Gasteiger partial charge in [-0.3, -0.25) is 9.48 Å². The summed E-state index contributed by atoms with van der Waals surface area (Å²) in [5.74, 6) is 0.491. The van der Waals surface area contributed by atoms with Gasteiger partial charge in [-0.15, -0.1) is 0 Å². The molecule has 1 saturated heterocycles. The van der Waals surface area contributed by atoms with E-state index in [2.05, 4.69) is 20.3 Å². The first kappa shape index (κ1) is 18.2. The number of ether oxygens (including phenoxy) is 1. The third-order valence-electron chi connectivity index (χ3n) is 4.98. The Bertz CT molecular complexity index is 839. The van der Waals surface area contributed by atoms with Crippen LogP contribution in [0.2, 0.25) is 5.02 Å². The third-order valence-corrected chi connectivity index (χ3v) is 5.25. The number of carbonyl (C=O) groups excluding carboxylic acids is 1. The topological polar surface area (TPSA) is 85.2 Å². The number of hydrogen-bond acceptors (Lipinski definition) is 6. The molecule has 2 aliphatic rings. The van der Waals surface area contributed by atoms with Crippen molar-refractivity contribution >= 4 is 23.5 Å². The molecule has 2 aliphatic heterocycles. The van der Waals surface area contributed by atoms with Crippen molar-refractivity contribution in [3.63, 3.8) is 0 Å². The summed E-state index contributed by atoms with van der Waals surface area (Å²) in [5.41, 5.74) is 2.41. The normalized spacial score (nSPS) is 19.6. The minimum Gasteiger partial charge on any atom is -0.376 e. The molecule has 27 heavy (non-hydrogen) atoms. The van der Waals surface area contributed by atoms with Gasteiger partial charge in [0.1, 0.15) is 0 Å². The highest BCUT2D eigenvalue weighted by Crippen LogP contribution is 2.21. The number of halogens is 1. The molecule has 1 atom stereocenters. The van der Waals surface area contributed by atoms with Gasteiger partial charge in [0.05, 0.1) is 23.9 Å². The molecule has 144 valence electrons. The number of nitrogens with zero attached hydrogens (tertiary/aromatic N) is 5. The third kappa shape index (κ3) is 3.91. The summed E-state index contributed by atoms with van der Waals surface area (Å²) in [5, 5.41) is 7.68. The Morgan fingerprint density at radius 1 is 1.48 bits per heavy atom. The molecule has 0 saturated carbocycles. The van der Waals surface area contributed by atoms with E-state index in [1.807, 2.05) is 13.1 Å². The van der Waals surface area contributed by atoms with E-state index >= 15 is 0 Å². The van der Waals surface area contributed by atoms with Crippen LogP contribution in [0.15, 0.2) is 12.4 Å². The van der Waals surface area contributed by atoms with Crippen molar-refractivity contribution in [3.05, 3.63) is 34.4 Å². The second-order valence-corrected chi connectivity index (χ2v) is 7.29. The maximum absolute atomic E-state index is 12.6. The lowest BCUT2D eigenvalue weighted by Gasteiger charge is -2.33. The number of anilines is 1. The summed E-state index contributed by atoms with van der Waals surface area (Å²) in [7, 11) is 0. The van der Waals surface area contributed by atoms with Crippen molar-refractivity contribution in [1.82, 2.24) is 25.1 Å². The van der Waals surface area contributed by atoms with Crippen molar-refractivity contribution in [3.8, 4) is 0 Å². The van der Waals surface area contributed by atoms with Gasteiger partial charge < -0.3 is 15.0 Å². The molecule has 1 unspecified atom stereocenters. The lowest BCUT2D eigenvalue weighted by molar-refractivity contribution is 0.0927. The molecule has 0 aliphatic carbocycles. The van der Waals surface area contributed by atoms with Crippen LogP contribution in [-0.2, 0) is 24.3 Å². The second-order valence-electron chi connectivity index (χ2n) is 6.88. The number of hydrogen-bond donors (Lipinski definition) is 1. The fraction of sp³-hybridized carbons (Fsp3) is 0.556. The average Bonchev–Trinajstić information content (AvgIpc) is 3.09. The van der Waals surface area contributed by atoms with Crippen LogP contribution in [0.3, 0.4) is 0 Å². The first-order valence-corrected chi connectivity index (χ1v) is 9.73. The van der Waals surface area contributed by atoms with Crippen molar-refractivity contribution in [2.75, 3.05) is 24.6 Å². The number of aromatic nitrogens is 4. The van der Waals surface area contributed by atoms with Gasteiger partial charge in [-0.2, -0.15) is 5.10 Å². The maximum Gasteiger partial charge on any atom is 0.273 e. The Kier molecular flexibility index (Phi) is 5.27. The van der Waals surface area contributed by atoms with Gasteiger partial charge in [0.15, 0.2) is 5.69 Å². The minimum absolute atomic E-state index is 0.0112. The van der Waals surface area contributed by atoms with Gasteiger partial charge in [0, 0.05) is 50.1 Å². The number of rotatable bonds is 4. The predicted octanol–water partition coefficient (Wildman–Crippen LogP) is 1.82. The molecule has 0 spiro atoms. The summed E-state index contributed by atoms with van der Waals surface area (Å²) in [6, 6.07) is 0.0112. The lowest BCUT2D eigenvalue weighted by atomic mass is 10.1. The largest absolute Gasteiger partial charge is 0.376 e. The van der Waals surface area contributed by atoms with Gasteiger partial charge >= 0.3 is 0 Å². The monoisotopic (exact) mass is 390 g/mol. The fourth-order valence-corrected chi connectivity index (χ4v) is 3.75. The Morgan fingerprint density at radius 2 is 2.37 bits per heavy atom. The standard InChI is InChI=1S/C18H23ClN6O2/c1-2-25-10-14(19)16(23-25)17(26)21-13-4-3-6-24(9-13)18-20-8-12-11-27-7-5-15(12)22-18/h8,10,13H,2-7,9,11H2,1H3,(H,21,26). The van der Waals surface area contributed by atoms with Gasteiger partial charge in [0.2, 0.25) is 5.95 Å². The lowest BCUT2D eigenvalue weighted by Crippen LogP contribution is -2.48. The minimum atomic E-state index is -0.234. The van der Waals surface area contributed by atoms with Crippen molar-refractivity contribution in [2.24, 2.45) is 0 Å². The number of amides is 1. The first-order valence-electron chi connectivity index (χ1n) is 9.35. The summed E-state index contributed by atoms with van der Waals surface area (Å²) < 4.78 is 7.11. The molecule has 8 nitrogen and oxygen atoms in total. The van der Waals surface area contributed by atoms with Crippen LogP contribution in [0, 0.1) is 0 Å². The number of piperidine rings is 1. The zero-order chi connectivity index (χ0) is 18.8. The molecule has 1 N–H and O–H groups in total. The smallest absolute Gasteiger partial charge is 0.273 e. The van der Waals surface area contributed by atoms with E-state index in [-0.39, 0.29) is 17.6 Å². The average molecular weight is 391 g/mol. The molecule has 1 fully saturated rings. The molecule has 0 bridgehead atoms. The number of nitrogens with one attached hydrogen (secondary N) is 1. The molecule has 1 amide bonds. The van der Waals surface area contributed by atoms with E-state index in [1.165, 1.54) is 0 Å². The molecule has 0 aromatic carbocycles. The highest BCUT2D eigenvalue weighted by molar-refractivity contribution is 6.33. The zero-order valence-corrected chi connectivity index (χ0v) is 16.1. The fourth-order valence-electron chi connectivity index (χ4n) is 3.52. The van der Waals surface area contributed by atoms with Crippen LogP contribution in [0.1, 0.15) is 41.5 Å². The van der Waals surface area contributed by atoms with E-state index in [1.54, 1.807) is 10.9 Å². The van der Waals surface area contributed by atoms with E-state index in [0.29, 0.717) is 31.3 Å². The van der Waals surface area contributed by atoms with Crippen LogP contribution in [-0.4, -0.2) is 51.4 Å². The summed E-state index contributed by atoms with van der Waals surface area (Å²) >= 11 is 6.14. The predicted molar refractivity (Wildman–Crippen MR) is 101 cm³/mol. The van der Waals surface area contributed by atoms with Crippen molar-refractivity contribution < 1.29 is 9.53 Å². The maximum atomic E-state index is 12.6. The van der Waals surface area contributed by atoms with E-state index in [9.17, 15) is 4.79 Å². The highest BCUT2D eigenvalue weighted by Gasteiger charge is 2.26. The molecule has 4 rings (SSSR count). The van der Waals surface area contributed by atoms with Gasteiger partial charge in [-0.25, -0.2) is 9.97 Å². The summed E-state index contributed by atoms with van der Waals surface area (Å²) in [6.07, 6.45) is 6.22. The summed E-state index contributed by atoms with van der Waals surface area (Å²) in [4.78, 5) is 23.9. The molecule has 9 heteroatoms. The Balaban J connectivity index is 1.43. The van der Waals surface area contributed by atoms with Gasteiger partial charge in [0.25, 0.3) is 5.91 Å². The van der Waals surface area contributed by atoms with Crippen LogP contribution in [0.25, 0.3) is 0 Å². The van der Waals surface area contributed by atoms with Gasteiger partial charge in [-0.05, 0) is 19.8 Å². The number of aryl methyl sites for hydroxylation is 1. The summed E-state index contributed by atoms with van der Waals surface area (Å²) in [6.45, 7) is 5.46.